The molecule has 0 aliphatic carbocycles. The second kappa shape index (κ2) is 8.28. The third kappa shape index (κ3) is 3.18. The normalized spacial score (nSPS) is 17.6. The van der Waals surface area contributed by atoms with Gasteiger partial charge in [0.05, 0.1) is 22.9 Å². The molecule has 2 aliphatic rings. The Morgan fingerprint density at radius 2 is 1.42 bits per heavy atom. The van der Waals surface area contributed by atoms with Crippen molar-refractivity contribution >= 4 is 5.69 Å². The fraction of sp³-hybridized carbons (Fsp3) is 0.0938. The van der Waals surface area contributed by atoms with E-state index in [4.69, 9.17) is 9.84 Å². The predicted octanol–water partition coefficient (Wildman–Crippen LogP) is 6.75. The molecule has 4 aromatic carbocycles. The lowest BCUT2D eigenvalue weighted by Crippen LogP contribution is -2.35. The Morgan fingerprint density at radius 3 is 2.19 bits per heavy atom. The maximum atomic E-state index is 6.27. The molecular weight excluding hydrogens is 442 g/mol. The Labute approximate surface area is 210 Å². The molecule has 0 saturated carbocycles. The topological polar surface area (TPSA) is 30.3 Å². The molecule has 1 aromatic heterocycles. The van der Waals surface area contributed by atoms with E-state index in [2.05, 4.69) is 102 Å². The summed E-state index contributed by atoms with van der Waals surface area (Å²) in [6.45, 7) is 1.66. The van der Waals surface area contributed by atoms with Crippen molar-refractivity contribution in [2.45, 2.75) is 12.0 Å². The van der Waals surface area contributed by atoms with E-state index in [0.29, 0.717) is 0 Å². The number of anilines is 1. The zero-order chi connectivity index (χ0) is 24.0. The summed E-state index contributed by atoms with van der Waals surface area (Å²) in [4.78, 5) is 2.48. The number of hydrogen-bond donors (Lipinski definition) is 0. The molecule has 174 valence electrons. The van der Waals surface area contributed by atoms with Crippen molar-refractivity contribution in [3.8, 4) is 22.8 Å². The van der Waals surface area contributed by atoms with Crippen molar-refractivity contribution in [3.05, 3.63) is 144 Å². The first-order valence-electron chi connectivity index (χ1n) is 12.3. The Kier molecular flexibility index (Phi) is 4.78. The monoisotopic (exact) mass is 467 g/mol. The highest BCUT2D eigenvalue weighted by Gasteiger charge is 2.49. The second-order valence-electron chi connectivity index (χ2n) is 9.39. The first-order chi connectivity index (χ1) is 17.8. The summed E-state index contributed by atoms with van der Waals surface area (Å²) in [6, 6.07) is 40.1. The number of hydrogen-bond acceptors (Lipinski definition) is 3. The van der Waals surface area contributed by atoms with Crippen LogP contribution in [0.4, 0.5) is 5.69 Å². The van der Waals surface area contributed by atoms with Crippen LogP contribution in [0.3, 0.4) is 0 Å². The van der Waals surface area contributed by atoms with Crippen LogP contribution in [0.15, 0.2) is 128 Å². The summed E-state index contributed by atoms with van der Waals surface area (Å²) in [5.41, 5.74) is 7.59. The Balaban J connectivity index is 1.46. The van der Waals surface area contributed by atoms with Crippen molar-refractivity contribution in [2.24, 2.45) is 0 Å². The van der Waals surface area contributed by atoms with Crippen molar-refractivity contribution < 1.29 is 4.74 Å². The van der Waals surface area contributed by atoms with Gasteiger partial charge < -0.3 is 9.64 Å². The third-order valence-corrected chi connectivity index (χ3v) is 7.25. The summed E-state index contributed by atoms with van der Waals surface area (Å²) >= 11 is 0. The summed E-state index contributed by atoms with van der Waals surface area (Å²) in [5.74, 6) is 0.777. The number of benzene rings is 4. The van der Waals surface area contributed by atoms with Crippen LogP contribution in [-0.2, 0) is 12.0 Å². The van der Waals surface area contributed by atoms with E-state index in [9.17, 15) is 0 Å². The largest absolute Gasteiger partial charge is 0.447 e. The van der Waals surface area contributed by atoms with Gasteiger partial charge in [-0.05, 0) is 35.4 Å². The number of para-hydroxylation sites is 2. The molecule has 3 heterocycles. The maximum Gasteiger partial charge on any atom is 0.226 e. The van der Waals surface area contributed by atoms with Crippen LogP contribution in [0.1, 0.15) is 16.7 Å². The Morgan fingerprint density at radius 1 is 0.750 bits per heavy atom. The summed E-state index contributed by atoms with van der Waals surface area (Å²) in [5, 5.41) is 5.17. The summed E-state index contributed by atoms with van der Waals surface area (Å²) in [7, 11) is 0. The highest BCUT2D eigenvalue weighted by molar-refractivity contribution is 5.77. The molecule has 4 nitrogen and oxygen atoms in total. The molecule has 0 amide bonds. The van der Waals surface area contributed by atoms with Gasteiger partial charge in [-0.1, -0.05) is 97.1 Å². The van der Waals surface area contributed by atoms with E-state index >= 15 is 0 Å². The van der Waals surface area contributed by atoms with Gasteiger partial charge in [-0.25, -0.2) is 0 Å². The molecule has 0 bridgehead atoms. The fourth-order valence-corrected chi connectivity index (χ4v) is 5.65. The van der Waals surface area contributed by atoms with E-state index in [1.165, 1.54) is 16.8 Å². The molecule has 2 aliphatic heterocycles. The van der Waals surface area contributed by atoms with Gasteiger partial charge in [-0.3, -0.25) is 0 Å². The molecule has 0 radical (unpaired) electrons. The van der Waals surface area contributed by atoms with E-state index in [-0.39, 0.29) is 5.41 Å². The van der Waals surface area contributed by atoms with Gasteiger partial charge >= 0.3 is 0 Å². The van der Waals surface area contributed by atoms with Crippen LogP contribution >= 0.6 is 0 Å². The highest BCUT2D eigenvalue weighted by Crippen LogP contribution is 2.54. The predicted molar refractivity (Wildman–Crippen MR) is 143 cm³/mol. The van der Waals surface area contributed by atoms with Gasteiger partial charge in [0.15, 0.2) is 0 Å². The SMILES string of the molecule is C1=C[C@@]2(CN(Cc3ccccc3)c3ccccc32)c2c(-c3ccccc3)nn(-c3ccccc3)c2O1. The van der Waals surface area contributed by atoms with Crippen molar-refractivity contribution in [3.63, 3.8) is 0 Å². The molecule has 7 rings (SSSR count). The highest BCUT2D eigenvalue weighted by atomic mass is 16.5. The molecule has 1 spiro atoms. The lowest BCUT2D eigenvalue weighted by molar-refractivity contribution is 0.406. The number of aromatic nitrogens is 2. The molecule has 4 heteroatoms. The standard InChI is InChI=1S/C32H25N3O/c1-4-12-24(13-5-1)22-34-23-32(27-18-10-11-19-28(27)34)20-21-36-31-29(32)30(25-14-6-2-7-15-25)33-35(31)26-16-8-3-9-17-26/h1-21H,22-23H2/t32-/m0/s1. The number of rotatable bonds is 4. The fourth-order valence-electron chi connectivity index (χ4n) is 5.65. The minimum atomic E-state index is -0.378. The van der Waals surface area contributed by atoms with Crippen LogP contribution in [0.5, 0.6) is 5.88 Å². The van der Waals surface area contributed by atoms with Crippen molar-refractivity contribution in [2.75, 3.05) is 11.4 Å². The van der Waals surface area contributed by atoms with E-state index < -0.39 is 0 Å². The van der Waals surface area contributed by atoms with E-state index in [0.717, 1.165) is 41.5 Å². The van der Waals surface area contributed by atoms with Crippen LogP contribution in [0.2, 0.25) is 0 Å². The Bertz CT molecular complexity index is 1560. The van der Waals surface area contributed by atoms with Gasteiger partial charge in [-0.15, -0.1) is 0 Å². The number of nitrogens with zero attached hydrogens (tertiary/aromatic N) is 3. The maximum absolute atomic E-state index is 6.27. The average Bonchev–Trinajstić information content (AvgIpc) is 3.48. The van der Waals surface area contributed by atoms with Crippen molar-refractivity contribution in [1.82, 2.24) is 9.78 Å². The minimum Gasteiger partial charge on any atom is -0.447 e. The van der Waals surface area contributed by atoms with Crippen LogP contribution < -0.4 is 9.64 Å². The lowest BCUT2D eigenvalue weighted by Gasteiger charge is -2.31. The molecular formula is C32H25N3O. The van der Waals surface area contributed by atoms with Gasteiger partial charge in [0.1, 0.15) is 5.69 Å². The Hall–Kier alpha value is -4.57. The van der Waals surface area contributed by atoms with Gasteiger partial charge in [0, 0.05) is 24.3 Å². The average molecular weight is 468 g/mol. The molecule has 0 unspecified atom stereocenters. The quantitative estimate of drug-likeness (QED) is 0.293. The lowest BCUT2D eigenvalue weighted by atomic mass is 9.74. The molecule has 36 heavy (non-hydrogen) atoms. The molecule has 0 fully saturated rings. The van der Waals surface area contributed by atoms with Crippen LogP contribution in [-0.4, -0.2) is 16.3 Å². The zero-order valence-corrected chi connectivity index (χ0v) is 19.8. The van der Waals surface area contributed by atoms with Crippen LogP contribution in [0, 0.1) is 0 Å². The zero-order valence-electron chi connectivity index (χ0n) is 19.8. The molecule has 5 aromatic rings. The van der Waals surface area contributed by atoms with E-state index in [1.807, 2.05) is 35.2 Å². The minimum absolute atomic E-state index is 0.378. The van der Waals surface area contributed by atoms with Crippen LogP contribution in [0.25, 0.3) is 16.9 Å². The second-order valence-corrected chi connectivity index (χ2v) is 9.39. The summed E-state index contributed by atoms with van der Waals surface area (Å²) < 4.78 is 8.22. The molecule has 0 saturated heterocycles. The smallest absolute Gasteiger partial charge is 0.226 e. The van der Waals surface area contributed by atoms with Gasteiger partial charge in [-0.2, -0.15) is 9.78 Å². The number of fused-ring (bicyclic) bond motifs is 4. The molecule has 1 atom stereocenters. The first-order valence-corrected chi connectivity index (χ1v) is 12.3. The molecule has 0 N–H and O–H groups in total. The van der Waals surface area contributed by atoms with Crippen molar-refractivity contribution in [1.29, 1.82) is 0 Å². The van der Waals surface area contributed by atoms with Gasteiger partial charge in [0.2, 0.25) is 5.88 Å². The first kappa shape index (κ1) is 20.8. The summed E-state index contributed by atoms with van der Waals surface area (Å²) in [6.07, 6.45) is 4.07. The number of ether oxygens (including phenoxy) is 1. The van der Waals surface area contributed by atoms with E-state index in [1.54, 1.807) is 0 Å². The third-order valence-electron chi connectivity index (χ3n) is 7.25. The van der Waals surface area contributed by atoms with Gasteiger partial charge in [0.25, 0.3) is 0 Å².